The molecule has 6 amide bonds. The van der Waals surface area contributed by atoms with Crippen LogP contribution in [0.15, 0.2) is 0 Å². The lowest BCUT2D eigenvalue weighted by atomic mass is 10.1. The Hall–Kier alpha value is -4.58. The van der Waals surface area contributed by atoms with Gasteiger partial charge in [-0.05, 0) is 131 Å². The average molecular weight is 1120 g/mol. The Labute approximate surface area is 451 Å². The zero-order valence-electron chi connectivity index (χ0n) is 47.5. The van der Waals surface area contributed by atoms with Crippen molar-refractivity contribution < 1.29 is 76.4 Å². The third kappa shape index (κ3) is 38.6. The van der Waals surface area contributed by atoms with Crippen LogP contribution in [0.3, 0.4) is 0 Å². The molecular formula is C47H90N10O16S2. The summed E-state index contributed by atoms with van der Waals surface area (Å²) >= 11 is 0. The maximum absolute atomic E-state index is 13.6. The summed E-state index contributed by atoms with van der Waals surface area (Å²) in [6.07, 6.45) is -5.31. The van der Waals surface area contributed by atoms with Crippen molar-refractivity contribution >= 4 is 69.7 Å². The lowest BCUT2D eigenvalue weighted by Gasteiger charge is -2.33. The van der Waals surface area contributed by atoms with Gasteiger partial charge in [-0.3, -0.25) is 34.8 Å². The highest BCUT2D eigenvalue weighted by molar-refractivity contribution is 8.76. The minimum atomic E-state index is -1.44. The van der Waals surface area contributed by atoms with Gasteiger partial charge in [-0.2, -0.15) is 5.48 Å². The number of hydrogen-bond acceptors (Lipinski definition) is 22. The third-order valence-corrected chi connectivity index (χ3v) is 10.5. The van der Waals surface area contributed by atoms with Crippen molar-refractivity contribution in [2.24, 2.45) is 5.73 Å². The number of rotatable bonds is 29. The quantitative estimate of drug-likeness (QED) is 0.0130. The van der Waals surface area contributed by atoms with E-state index in [4.69, 9.17) is 43.7 Å². The Bertz CT molecular complexity index is 1810. The molecule has 436 valence electrons. The molecule has 0 aromatic carbocycles. The van der Waals surface area contributed by atoms with Crippen LogP contribution >= 0.6 is 21.6 Å². The van der Waals surface area contributed by atoms with E-state index < -0.39 is 107 Å². The number of hydrogen-bond donors (Lipinski definition) is 8. The number of ether oxygens (including phenoxy) is 7. The second kappa shape index (κ2) is 32.9. The largest absolute Gasteiger partial charge is 0.459 e. The van der Waals surface area contributed by atoms with Gasteiger partial charge in [0.15, 0.2) is 6.17 Å². The van der Waals surface area contributed by atoms with E-state index in [2.05, 4.69) is 37.4 Å². The molecule has 0 aliphatic carbocycles. The molecule has 0 fully saturated rings. The number of carbonyl (C=O) groups excluding carboxylic acids is 8. The first-order valence-electron chi connectivity index (χ1n) is 24.5. The molecular weight excluding hydrogens is 1020 g/mol. The molecule has 0 bridgehead atoms. The van der Waals surface area contributed by atoms with Crippen molar-refractivity contribution in [1.82, 2.24) is 47.2 Å². The molecule has 0 rings (SSSR count). The van der Waals surface area contributed by atoms with Crippen molar-refractivity contribution in [2.45, 2.75) is 189 Å². The predicted octanol–water partition coefficient (Wildman–Crippen LogP) is 4.11. The van der Waals surface area contributed by atoms with E-state index in [-0.39, 0.29) is 52.9 Å². The number of carbonyl (C=O) groups is 8. The van der Waals surface area contributed by atoms with Crippen molar-refractivity contribution in [3.8, 4) is 0 Å². The van der Waals surface area contributed by atoms with Crippen LogP contribution in [0.2, 0.25) is 0 Å². The molecule has 28 heteroatoms. The first kappa shape index (κ1) is 70.4. The molecule has 3 unspecified atom stereocenters. The van der Waals surface area contributed by atoms with E-state index in [0.717, 1.165) is 9.80 Å². The molecule has 9 N–H and O–H groups in total. The van der Waals surface area contributed by atoms with Crippen LogP contribution in [0.25, 0.3) is 0 Å². The lowest BCUT2D eigenvalue weighted by molar-refractivity contribution is -0.163. The molecule has 75 heavy (non-hydrogen) atoms. The van der Waals surface area contributed by atoms with Gasteiger partial charge in [0, 0.05) is 24.5 Å². The van der Waals surface area contributed by atoms with Gasteiger partial charge < -0.3 is 65.0 Å². The van der Waals surface area contributed by atoms with Crippen LogP contribution in [0.4, 0.5) is 19.2 Å². The van der Waals surface area contributed by atoms with Crippen LogP contribution in [-0.4, -0.2) is 174 Å². The number of nitrogens with two attached hydrogens (primary N) is 1. The van der Waals surface area contributed by atoms with E-state index in [1.807, 2.05) is 0 Å². The first-order chi connectivity index (χ1) is 34.2. The second-order valence-electron chi connectivity index (χ2n) is 22.6. The highest BCUT2D eigenvalue weighted by atomic mass is 33.1. The van der Waals surface area contributed by atoms with Crippen LogP contribution < -0.4 is 43.1 Å². The zero-order valence-corrected chi connectivity index (χ0v) is 49.2. The standard InChI is InChI=1S/C47H90N10O16S2/c1-42(2,3)68-36(60)34(51-27-52-38(62)70-44(7,8)9)31(66-25-33(59)50-26-48)24-49-35(37(61)69-43(4,5)6)55-32(58)20-23-75-74-22-19-21-67-54-29-57(41(65)73-47(16,17)18)30-56(40(64)72-46(13,14)15)28-53-39(63)71-45(10,11)12/h31,34-35,49,51,54H,19-30,48H2,1-18H3,(H,50,59)(H,52,62)(H,53,63)(H,55,58). The number of alkyl carbamates (subject to hydrolysis) is 2. The third-order valence-electron chi connectivity index (χ3n) is 7.97. The Balaban J connectivity index is 5.76. The van der Waals surface area contributed by atoms with Crippen LogP contribution in [0, 0.1) is 0 Å². The summed E-state index contributed by atoms with van der Waals surface area (Å²) < 4.78 is 38.8. The number of amides is 6. The van der Waals surface area contributed by atoms with Gasteiger partial charge in [-0.15, -0.1) is 0 Å². The van der Waals surface area contributed by atoms with Gasteiger partial charge in [-0.1, -0.05) is 21.6 Å². The summed E-state index contributed by atoms with van der Waals surface area (Å²) in [5, 5.41) is 15.8. The number of hydroxylamine groups is 1. The molecule has 0 aliphatic heterocycles. The Morgan fingerprint density at radius 1 is 0.547 bits per heavy atom. The van der Waals surface area contributed by atoms with E-state index in [1.165, 1.54) is 21.6 Å². The van der Waals surface area contributed by atoms with E-state index in [0.29, 0.717) is 17.9 Å². The maximum Gasteiger partial charge on any atom is 0.413 e. The van der Waals surface area contributed by atoms with Crippen LogP contribution in [0.1, 0.15) is 137 Å². The smallest absolute Gasteiger partial charge is 0.413 e. The molecule has 0 spiro atoms. The first-order valence-corrected chi connectivity index (χ1v) is 27.0. The predicted molar refractivity (Wildman–Crippen MR) is 283 cm³/mol. The normalized spacial score (nSPS) is 13.5. The minimum Gasteiger partial charge on any atom is -0.459 e. The van der Waals surface area contributed by atoms with Gasteiger partial charge >= 0.3 is 36.3 Å². The molecule has 0 aliphatic rings. The zero-order chi connectivity index (χ0) is 58.0. The Morgan fingerprint density at radius 2 is 1.03 bits per heavy atom. The fourth-order valence-electron chi connectivity index (χ4n) is 5.24. The summed E-state index contributed by atoms with van der Waals surface area (Å²) in [5.41, 5.74) is 2.89. The van der Waals surface area contributed by atoms with Gasteiger partial charge in [-0.25, -0.2) is 24.0 Å². The highest BCUT2D eigenvalue weighted by Crippen LogP contribution is 2.23. The average Bonchev–Trinajstić information content (AvgIpc) is 3.19. The summed E-state index contributed by atoms with van der Waals surface area (Å²) in [4.78, 5) is 112. The highest BCUT2D eigenvalue weighted by Gasteiger charge is 2.36. The SMILES string of the molecule is CC(C)(C)OC(=O)NCNC(C(=O)OC(C)(C)C)C(CNC(NC(=O)CCSSCCCONCN(CN(CNC(=O)OC(C)(C)C)C(=O)OC(C)(C)C)C(=O)OC(C)(C)C)C(=O)OC(C)(C)C)OCC(=O)NCN. The summed E-state index contributed by atoms with van der Waals surface area (Å²) in [5.74, 6) is -1.84. The van der Waals surface area contributed by atoms with Gasteiger partial charge in [0.25, 0.3) is 0 Å². The summed E-state index contributed by atoms with van der Waals surface area (Å²) in [7, 11) is 2.87. The van der Waals surface area contributed by atoms with Gasteiger partial charge in [0.05, 0.1) is 32.7 Å². The number of esters is 2. The molecule has 3 atom stereocenters. The molecule has 0 aromatic heterocycles. The number of nitrogens with one attached hydrogen (secondary N) is 7. The van der Waals surface area contributed by atoms with Crippen LogP contribution in [-0.2, 0) is 57.2 Å². The van der Waals surface area contributed by atoms with Crippen molar-refractivity contribution in [3.63, 3.8) is 0 Å². The number of nitrogens with zero attached hydrogens (tertiary/aromatic N) is 2. The monoisotopic (exact) mass is 1110 g/mol. The van der Waals surface area contributed by atoms with E-state index >= 15 is 0 Å². The van der Waals surface area contributed by atoms with E-state index in [1.54, 1.807) is 125 Å². The van der Waals surface area contributed by atoms with Crippen molar-refractivity contribution in [3.05, 3.63) is 0 Å². The topological polar surface area (TPSA) is 327 Å². The molecule has 0 saturated heterocycles. The van der Waals surface area contributed by atoms with E-state index in [9.17, 15) is 38.4 Å². The molecule has 0 radical (unpaired) electrons. The molecule has 0 saturated carbocycles. The van der Waals surface area contributed by atoms with Gasteiger partial charge in [0.2, 0.25) is 11.8 Å². The van der Waals surface area contributed by atoms with Gasteiger partial charge in [0.1, 0.15) is 59.6 Å². The van der Waals surface area contributed by atoms with Crippen molar-refractivity contribution in [1.29, 1.82) is 0 Å². The van der Waals surface area contributed by atoms with Crippen molar-refractivity contribution in [2.75, 3.05) is 64.6 Å². The maximum atomic E-state index is 13.6. The second-order valence-corrected chi connectivity index (χ2v) is 25.3. The molecule has 26 nitrogen and oxygen atoms in total. The fourth-order valence-corrected chi connectivity index (χ4v) is 7.29. The van der Waals surface area contributed by atoms with Crippen LogP contribution in [0.5, 0.6) is 0 Å². The Morgan fingerprint density at radius 3 is 1.53 bits per heavy atom. The summed E-state index contributed by atoms with van der Waals surface area (Å²) in [6.45, 7) is 28.0. The molecule has 0 heterocycles. The minimum absolute atomic E-state index is 0.0115. The lowest BCUT2D eigenvalue weighted by Crippen LogP contribution is -2.60. The summed E-state index contributed by atoms with van der Waals surface area (Å²) in [6, 6.07) is -1.35. The molecule has 0 aromatic rings. The fraction of sp³-hybridized carbons (Fsp3) is 0.830. The Kier molecular flexibility index (Phi) is 30.9.